The Kier molecular flexibility index (Phi) is 12.6. The van der Waals surface area contributed by atoms with Gasteiger partial charge in [-0.05, 0) is 100 Å². The summed E-state index contributed by atoms with van der Waals surface area (Å²) in [6.07, 6.45) is 2.13. The van der Waals surface area contributed by atoms with Crippen LogP contribution in [0.4, 0.5) is 17.1 Å². The molecule has 0 radical (unpaired) electrons. The van der Waals surface area contributed by atoms with Gasteiger partial charge in [0.25, 0.3) is 20.2 Å². The van der Waals surface area contributed by atoms with E-state index in [-0.39, 0.29) is 51.2 Å². The summed E-state index contributed by atoms with van der Waals surface area (Å²) < 4.78 is 119. The van der Waals surface area contributed by atoms with E-state index in [2.05, 4.69) is 37.8 Å². The van der Waals surface area contributed by atoms with Gasteiger partial charge in [-0.25, -0.2) is 0 Å². The standard InChI is InChI=1S/C45H50N2O10S3/c1-9-29-21-27(7)22-30(10-2)43(29)46(13-5)32-19-20-34-38(24-32)57-39-26-37(47(14-6)44-31(11-3)23-28(8)45(33(44)12-4)60(54,55)56)41(59(51,52)53)25-36(39)42(34)35-17-15-16-18-40(35)58(48,49)50/h15-26H,9-14H2,1-8H3,(H2-,48,49,50,51,52,53,54,55,56)/p+1. The summed E-state index contributed by atoms with van der Waals surface area (Å²) in [7, 11) is -14.6. The lowest BCUT2D eigenvalue weighted by atomic mass is 9.93. The van der Waals surface area contributed by atoms with Gasteiger partial charge in [0.05, 0.1) is 6.07 Å². The van der Waals surface area contributed by atoms with E-state index in [1.54, 1.807) is 43.5 Å². The van der Waals surface area contributed by atoms with Crippen LogP contribution in [0.25, 0.3) is 33.4 Å². The largest absolute Gasteiger partial charge is 0.456 e. The Morgan fingerprint density at radius 3 is 1.80 bits per heavy atom. The first-order chi connectivity index (χ1) is 28.2. The topological polar surface area (TPSA) is 182 Å². The summed E-state index contributed by atoms with van der Waals surface area (Å²) in [5.74, 6) is 0.0979. The molecule has 12 nitrogen and oxygen atoms in total. The Bertz CT molecular complexity index is 3040. The summed E-state index contributed by atoms with van der Waals surface area (Å²) in [6, 6.07) is 19.9. The van der Waals surface area contributed by atoms with Gasteiger partial charge in [-0.1, -0.05) is 63.6 Å². The van der Waals surface area contributed by atoms with Crippen molar-refractivity contribution in [3.05, 3.63) is 112 Å². The molecule has 0 bridgehead atoms. The molecule has 1 aliphatic heterocycles. The highest BCUT2D eigenvalue weighted by molar-refractivity contribution is 7.86. The molecule has 1 aliphatic carbocycles. The fourth-order valence-electron chi connectivity index (χ4n) is 8.63. The Hall–Kier alpha value is -4.90. The van der Waals surface area contributed by atoms with Gasteiger partial charge in [0.15, 0.2) is 4.90 Å². The fraction of sp³-hybridized carbons (Fsp3) is 0.311. The zero-order valence-corrected chi connectivity index (χ0v) is 37.4. The first-order valence-electron chi connectivity index (χ1n) is 20.0. The zero-order valence-electron chi connectivity index (χ0n) is 35.0. The molecule has 2 aliphatic rings. The predicted molar refractivity (Wildman–Crippen MR) is 236 cm³/mol. The molecule has 0 atom stereocenters. The molecule has 6 rings (SSSR count). The normalized spacial score (nSPS) is 13.0. The molecule has 0 saturated carbocycles. The van der Waals surface area contributed by atoms with Crippen molar-refractivity contribution in [3.8, 4) is 22.5 Å². The van der Waals surface area contributed by atoms with Crippen LogP contribution in [0, 0.1) is 13.8 Å². The van der Waals surface area contributed by atoms with Crippen LogP contribution in [-0.4, -0.2) is 52.0 Å². The second kappa shape index (κ2) is 16.9. The van der Waals surface area contributed by atoms with Gasteiger partial charge in [-0.3, -0.25) is 13.7 Å². The van der Waals surface area contributed by atoms with Crippen LogP contribution in [0.3, 0.4) is 0 Å². The molecule has 60 heavy (non-hydrogen) atoms. The molecule has 4 aromatic carbocycles. The Balaban J connectivity index is 1.85. The number of hydrogen-bond acceptors (Lipinski definition) is 8. The summed E-state index contributed by atoms with van der Waals surface area (Å²) in [4.78, 5) is 0.908. The van der Waals surface area contributed by atoms with Crippen LogP contribution in [0.5, 0.6) is 0 Å². The van der Waals surface area contributed by atoms with Gasteiger partial charge in [0, 0.05) is 57.2 Å². The smallest absolute Gasteiger partial charge is 0.301 e. The molecule has 318 valence electrons. The Morgan fingerprint density at radius 2 is 1.27 bits per heavy atom. The number of anilines is 2. The fourth-order valence-corrected chi connectivity index (χ4v) is 11.1. The quantitative estimate of drug-likeness (QED) is 0.0572. The van der Waals surface area contributed by atoms with Crippen LogP contribution in [0.1, 0.15) is 74.9 Å². The van der Waals surface area contributed by atoms with E-state index in [0.717, 1.165) is 29.8 Å². The molecular formula is C45H51N2O10S3+. The van der Waals surface area contributed by atoms with Crippen molar-refractivity contribution in [1.29, 1.82) is 0 Å². The maximum absolute atomic E-state index is 13.5. The van der Waals surface area contributed by atoms with E-state index in [1.165, 1.54) is 41.5 Å². The molecule has 0 amide bonds. The first kappa shape index (κ1) is 44.6. The van der Waals surface area contributed by atoms with E-state index in [1.807, 2.05) is 26.0 Å². The number of aryl methyl sites for hydroxylation is 5. The van der Waals surface area contributed by atoms with Crippen LogP contribution >= 0.6 is 0 Å². The van der Waals surface area contributed by atoms with Gasteiger partial charge < -0.3 is 9.32 Å². The highest BCUT2D eigenvalue weighted by atomic mass is 32.2. The van der Waals surface area contributed by atoms with Gasteiger partial charge in [-0.2, -0.15) is 29.8 Å². The molecule has 0 aromatic heterocycles. The van der Waals surface area contributed by atoms with Crippen molar-refractivity contribution in [3.63, 3.8) is 0 Å². The number of hydrogen-bond donors (Lipinski definition) is 3. The van der Waals surface area contributed by atoms with Crippen molar-refractivity contribution in [2.45, 2.75) is 95.8 Å². The third-order valence-electron chi connectivity index (χ3n) is 11.1. The maximum atomic E-state index is 13.5. The summed E-state index contributed by atoms with van der Waals surface area (Å²) in [6.45, 7) is 15.9. The summed E-state index contributed by atoms with van der Waals surface area (Å²) in [5.41, 5.74) is 7.63. The Morgan fingerprint density at radius 1 is 0.650 bits per heavy atom. The zero-order chi connectivity index (χ0) is 44.1. The highest BCUT2D eigenvalue weighted by Crippen LogP contribution is 2.45. The summed E-state index contributed by atoms with van der Waals surface area (Å²) in [5, 5.41) is 0.346. The third-order valence-corrected chi connectivity index (χ3v) is 13.9. The molecule has 1 heterocycles. The van der Waals surface area contributed by atoms with E-state index >= 15 is 0 Å². The van der Waals surface area contributed by atoms with Crippen molar-refractivity contribution in [1.82, 2.24) is 4.58 Å². The molecule has 0 spiro atoms. The molecule has 3 N–H and O–H groups in total. The average Bonchev–Trinajstić information content (AvgIpc) is 3.19. The first-order valence-corrected chi connectivity index (χ1v) is 24.3. The minimum Gasteiger partial charge on any atom is -0.456 e. The second-order valence-corrected chi connectivity index (χ2v) is 18.9. The third kappa shape index (κ3) is 8.14. The molecule has 15 heteroatoms. The van der Waals surface area contributed by atoms with Crippen LogP contribution in [-0.2, 0) is 56.0 Å². The average molecular weight is 876 g/mol. The lowest BCUT2D eigenvalue weighted by molar-refractivity contribution is 0.477. The number of fused-ring (bicyclic) bond motifs is 2. The summed E-state index contributed by atoms with van der Waals surface area (Å²) >= 11 is 0. The van der Waals surface area contributed by atoms with E-state index in [4.69, 9.17) is 4.42 Å². The van der Waals surface area contributed by atoms with Gasteiger partial charge >= 0.3 is 10.1 Å². The Labute approximate surface area is 352 Å². The molecule has 0 unspecified atom stereocenters. The van der Waals surface area contributed by atoms with E-state index < -0.39 is 40.1 Å². The highest BCUT2D eigenvalue weighted by Gasteiger charge is 2.33. The van der Waals surface area contributed by atoms with Crippen molar-refractivity contribution < 1.29 is 43.3 Å². The lowest BCUT2D eigenvalue weighted by Gasteiger charge is -2.29. The van der Waals surface area contributed by atoms with E-state index in [0.29, 0.717) is 40.7 Å². The lowest BCUT2D eigenvalue weighted by Crippen LogP contribution is -2.32. The van der Waals surface area contributed by atoms with Gasteiger partial charge in [0.1, 0.15) is 27.7 Å². The van der Waals surface area contributed by atoms with Crippen molar-refractivity contribution in [2.24, 2.45) is 0 Å². The predicted octanol–water partition coefficient (Wildman–Crippen LogP) is 9.09. The van der Waals surface area contributed by atoms with Gasteiger partial charge in [-0.15, -0.1) is 0 Å². The number of benzene rings is 5. The molecule has 0 saturated heterocycles. The second-order valence-electron chi connectivity index (χ2n) is 14.7. The minimum absolute atomic E-state index is 0.0506. The van der Waals surface area contributed by atoms with E-state index in [9.17, 15) is 38.9 Å². The SMILES string of the molecule is CCc1cc(C)cc(CC)c1N(CC)c1ccc2c(-c3ccccc3S(=O)(=O)O)c3cc(S(=O)(=O)O)c(=[N+](CC)c4c(CC)cc(C)c(S(=O)(=O)O)c4CC)cc-3oc2c1. The van der Waals surface area contributed by atoms with Crippen LogP contribution < -0.4 is 14.8 Å². The van der Waals surface area contributed by atoms with Crippen LogP contribution in [0.15, 0.2) is 91.9 Å². The molecule has 4 aromatic rings. The maximum Gasteiger partial charge on any atom is 0.301 e. The monoisotopic (exact) mass is 875 g/mol. The minimum atomic E-state index is -5.06. The number of rotatable bonds is 13. The van der Waals surface area contributed by atoms with Crippen LogP contribution in [0.2, 0.25) is 0 Å². The molecule has 0 fully saturated rings. The molecular weight excluding hydrogens is 825 g/mol. The van der Waals surface area contributed by atoms with Crippen molar-refractivity contribution in [2.75, 3.05) is 18.0 Å². The van der Waals surface area contributed by atoms with Gasteiger partial charge in [0.2, 0.25) is 11.0 Å². The number of nitrogens with zero attached hydrogens (tertiary/aromatic N) is 2. The van der Waals surface area contributed by atoms with Crippen molar-refractivity contribution >= 4 is 58.4 Å².